The highest BCUT2D eigenvalue weighted by molar-refractivity contribution is 7.89. The third-order valence-electron chi connectivity index (χ3n) is 1.41. The monoisotopic (exact) mass is 179 g/mol. The van der Waals surface area contributed by atoms with E-state index < -0.39 is 10.0 Å². The lowest BCUT2D eigenvalue weighted by Crippen LogP contribution is -2.24. The first-order chi connectivity index (χ1) is 5.21. The Morgan fingerprint density at radius 2 is 1.73 bits per heavy atom. The van der Waals surface area contributed by atoms with Crippen LogP contribution in [0.1, 0.15) is 33.1 Å². The fourth-order valence-electron chi connectivity index (χ4n) is 0.894. The summed E-state index contributed by atoms with van der Waals surface area (Å²) in [7, 11) is -2.87. The molecule has 11 heavy (non-hydrogen) atoms. The van der Waals surface area contributed by atoms with E-state index in [1.165, 1.54) is 0 Å². The zero-order valence-corrected chi connectivity index (χ0v) is 8.08. The lowest BCUT2D eigenvalue weighted by molar-refractivity contribution is 0.585. The number of hydrogen-bond donors (Lipinski definition) is 1. The van der Waals surface area contributed by atoms with Crippen LogP contribution in [0.2, 0.25) is 0 Å². The van der Waals surface area contributed by atoms with Crippen LogP contribution in [0.3, 0.4) is 0 Å². The molecule has 0 aromatic rings. The Labute approximate surface area is 69.2 Å². The van der Waals surface area contributed by atoms with Gasteiger partial charge in [-0.15, -0.1) is 0 Å². The summed E-state index contributed by atoms with van der Waals surface area (Å²) >= 11 is 0. The highest BCUT2D eigenvalue weighted by Crippen LogP contribution is 2.02. The molecule has 0 aromatic heterocycles. The molecule has 0 atom stereocenters. The summed E-state index contributed by atoms with van der Waals surface area (Å²) in [6, 6.07) is 0. The van der Waals surface area contributed by atoms with E-state index in [0.29, 0.717) is 12.3 Å². The number of sulfonamides is 1. The van der Waals surface area contributed by atoms with Crippen molar-refractivity contribution < 1.29 is 8.42 Å². The van der Waals surface area contributed by atoms with Crippen molar-refractivity contribution in [1.29, 1.82) is 0 Å². The molecule has 1 saturated heterocycles. The van der Waals surface area contributed by atoms with Crippen molar-refractivity contribution in [1.82, 2.24) is 4.72 Å². The van der Waals surface area contributed by atoms with Gasteiger partial charge in [0.25, 0.3) is 0 Å². The lowest BCUT2D eigenvalue weighted by atomic mass is 10.3. The quantitative estimate of drug-likeness (QED) is 0.605. The molecule has 0 aromatic carbocycles. The SMILES string of the molecule is CC.O=S1(=O)CCCCCN1. The van der Waals surface area contributed by atoms with E-state index in [-0.39, 0.29) is 0 Å². The third kappa shape index (κ3) is 5.21. The van der Waals surface area contributed by atoms with E-state index in [4.69, 9.17) is 0 Å². The number of rotatable bonds is 0. The van der Waals surface area contributed by atoms with Gasteiger partial charge < -0.3 is 0 Å². The van der Waals surface area contributed by atoms with Crippen LogP contribution in [0.25, 0.3) is 0 Å². The second-order valence-corrected chi connectivity index (χ2v) is 4.20. The zero-order valence-electron chi connectivity index (χ0n) is 7.26. The summed E-state index contributed by atoms with van der Waals surface area (Å²) in [5, 5.41) is 0. The number of hydrogen-bond acceptors (Lipinski definition) is 2. The minimum Gasteiger partial charge on any atom is -0.215 e. The molecule has 68 valence electrons. The van der Waals surface area contributed by atoms with Crippen LogP contribution in [-0.4, -0.2) is 20.7 Å². The summed E-state index contributed by atoms with van der Waals surface area (Å²) in [6.45, 7) is 4.63. The molecular formula is C7H17NO2S. The summed E-state index contributed by atoms with van der Waals surface area (Å²) in [4.78, 5) is 0. The average molecular weight is 179 g/mol. The van der Waals surface area contributed by atoms with Crippen molar-refractivity contribution in [2.45, 2.75) is 33.1 Å². The van der Waals surface area contributed by atoms with E-state index >= 15 is 0 Å². The highest BCUT2D eigenvalue weighted by Gasteiger charge is 2.11. The van der Waals surface area contributed by atoms with Crippen molar-refractivity contribution in [3.63, 3.8) is 0 Å². The average Bonchev–Trinajstić information content (AvgIpc) is 2.17. The molecule has 0 spiro atoms. The van der Waals surface area contributed by atoms with Crippen LogP contribution >= 0.6 is 0 Å². The minimum absolute atomic E-state index is 0.312. The van der Waals surface area contributed by atoms with Crippen LogP contribution in [0.5, 0.6) is 0 Å². The molecule has 0 bridgehead atoms. The van der Waals surface area contributed by atoms with Gasteiger partial charge in [0, 0.05) is 6.54 Å². The highest BCUT2D eigenvalue weighted by atomic mass is 32.2. The molecule has 4 heteroatoms. The summed E-state index contributed by atoms with van der Waals surface area (Å²) in [5.41, 5.74) is 0. The Balaban J connectivity index is 0.000000461. The summed E-state index contributed by atoms with van der Waals surface area (Å²) in [5.74, 6) is 0.312. The molecule has 3 nitrogen and oxygen atoms in total. The van der Waals surface area contributed by atoms with Gasteiger partial charge in [0.15, 0.2) is 0 Å². The molecule has 1 aliphatic heterocycles. The molecule has 1 rings (SSSR count). The molecule has 1 N–H and O–H groups in total. The van der Waals surface area contributed by atoms with E-state index in [1.807, 2.05) is 13.8 Å². The van der Waals surface area contributed by atoms with Crippen LogP contribution in [0.15, 0.2) is 0 Å². The van der Waals surface area contributed by atoms with E-state index in [2.05, 4.69) is 4.72 Å². The van der Waals surface area contributed by atoms with Gasteiger partial charge in [-0.05, 0) is 12.8 Å². The van der Waals surface area contributed by atoms with Crippen LogP contribution in [-0.2, 0) is 10.0 Å². The Kier molecular flexibility index (Phi) is 5.50. The topological polar surface area (TPSA) is 46.2 Å². The second kappa shape index (κ2) is 5.55. The van der Waals surface area contributed by atoms with E-state index in [1.54, 1.807) is 0 Å². The van der Waals surface area contributed by atoms with E-state index in [0.717, 1.165) is 19.3 Å². The van der Waals surface area contributed by atoms with Gasteiger partial charge in [0.1, 0.15) is 0 Å². The van der Waals surface area contributed by atoms with Gasteiger partial charge in [-0.25, -0.2) is 13.1 Å². The summed E-state index contributed by atoms with van der Waals surface area (Å²) in [6.07, 6.45) is 2.83. The van der Waals surface area contributed by atoms with Gasteiger partial charge in [-0.3, -0.25) is 0 Å². The van der Waals surface area contributed by atoms with Gasteiger partial charge in [0.2, 0.25) is 10.0 Å². The number of nitrogens with one attached hydrogen (secondary N) is 1. The molecule has 0 aliphatic carbocycles. The Morgan fingerprint density at radius 1 is 1.09 bits per heavy atom. The van der Waals surface area contributed by atoms with Crippen molar-refractivity contribution >= 4 is 10.0 Å². The predicted molar refractivity (Wildman–Crippen MR) is 47.0 cm³/mol. The van der Waals surface area contributed by atoms with Gasteiger partial charge in [-0.2, -0.15) is 0 Å². The molecular weight excluding hydrogens is 162 g/mol. The minimum atomic E-state index is -2.87. The van der Waals surface area contributed by atoms with Crippen molar-refractivity contribution in [3.8, 4) is 0 Å². The molecule has 1 aliphatic rings. The smallest absolute Gasteiger partial charge is 0.211 e. The maximum atomic E-state index is 10.8. The maximum absolute atomic E-state index is 10.8. The first-order valence-electron chi connectivity index (χ1n) is 4.18. The van der Waals surface area contributed by atoms with Crippen molar-refractivity contribution in [2.75, 3.05) is 12.3 Å². The first kappa shape index (κ1) is 10.9. The molecule has 0 amide bonds. The predicted octanol–water partition coefficient (Wildman–Crippen LogP) is 1.12. The van der Waals surface area contributed by atoms with E-state index in [9.17, 15) is 8.42 Å². The Bertz CT molecular complexity index is 161. The lowest BCUT2D eigenvalue weighted by Gasteiger charge is -1.96. The zero-order chi connectivity index (χ0) is 8.74. The Morgan fingerprint density at radius 3 is 2.36 bits per heavy atom. The van der Waals surface area contributed by atoms with Crippen LogP contribution < -0.4 is 4.72 Å². The fourth-order valence-corrected chi connectivity index (χ4v) is 2.08. The third-order valence-corrected chi connectivity index (χ3v) is 2.88. The largest absolute Gasteiger partial charge is 0.215 e. The normalized spacial score (nSPS) is 22.7. The first-order valence-corrected chi connectivity index (χ1v) is 5.83. The van der Waals surface area contributed by atoms with Gasteiger partial charge in [-0.1, -0.05) is 20.3 Å². The Hall–Kier alpha value is -0.0900. The van der Waals surface area contributed by atoms with Crippen LogP contribution in [0, 0.1) is 0 Å². The van der Waals surface area contributed by atoms with Crippen molar-refractivity contribution in [2.24, 2.45) is 0 Å². The molecule has 0 saturated carbocycles. The summed E-state index contributed by atoms with van der Waals surface area (Å²) < 4.78 is 24.0. The van der Waals surface area contributed by atoms with Gasteiger partial charge in [0.05, 0.1) is 5.75 Å². The van der Waals surface area contributed by atoms with Crippen LogP contribution in [0.4, 0.5) is 0 Å². The molecule has 0 unspecified atom stereocenters. The molecule has 0 radical (unpaired) electrons. The second-order valence-electron chi connectivity index (χ2n) is 2.27. The maximum Gasteiger partial charge on any atom is 0.211 e. The molecule has 1 fully saturated rings. The standard InChI is InChI=1S/C5H11NO2S.C2H6/c7-9(8)5-3-1-2-4-6-9;1-2/h6H,1-5H2;1-2H3. The van der Waals surface area contributed by atoms with Crippen molar-refractivity contribution in [3.05, 3.63) is 0 Å². The molecule has 1 heterocycles. The fraction of sp³-hybridized carbons (Fsp3) is 1.00. The van der Waals surface area contributed by atoms with Gasteiger partial charge >= 0.3 is 0 Å².